The van der Waals surface area contributed by atoms with Gasteiger partial charge in [-0.3, -0.25) is 4.79 Å². The number of hydrogen-bond acceptors (Lipinski definition) is 2. The summed E-state index contributed by atoms with van der Waals surface area (Å²) in [6, 6.07) is 16.1. The number of benzene rings is 2. The van der Waals surface area contributed by atoms with Crippen molar-refractivity contribution in [2.24, 2.45) is 17.3 Å². The molecule has 0 N–H and O–H groups in total. The van der Waals surface area contributed by atoms with Crippen LogP contribution in [0.2, 0.25) is 0 Å². The number of rotatable bonds is 4. The fourth-order valence-corrected chi connectivity index (χ4v) is 4.65. The fraction of sp³-hybridized carbons (Fsp3) is 0.375. The van der Waals surface area contributed by atoms with Crippen LogP contribution in [0.15, 0.2) is 59.6 Å². The first kappa shape index (κ1) is 21.0. The third-order valence-electron chi connectivity index (χ3n) is 6.28. The molecule has 0 saturated heterocycles. The molecule has 2 aromatic carbocycles. The number of esters is 1. The minimum absolute atomic E-state index is 0.309. The van der Waals surface area contributed by atoms with Gasteiger partial charge >= 0.3 is 12.1 Å². The number of ether oxygens (including phenoxy) is 1. The van der Waals surface area contributed by atoms with E-state index >= 15 is 0 Å². The quantitative estimate of drug-likeness (QED) is 0.526. The van der Waals surface area contributed by atoms with Crippen LogP contribution < -0.4 is 0 Å². The molecule has 0 bridgehead atoms. The summed E-state index contributed by atoms with van der Waals surface area (Å²) in [6.45, 7) is 3.52. The van der Waals surface area contributed by atoms with Crippen LogP contribution in [0.4, 0.5) is 13.2 Å². The van der Waals surface area contributed by atoms with E-state index in [1.807, 2.05) is 42.5 Å². The van der Waals surface area contributed by atoms with E-state index < -0.39 is 34.4 Å². The summed E-state index contributed by atoms with van der Waals surface area (Å²) in [6.07, 6.45) is -2.75. The summed E-state index contributed by atoms with van der Waals surface area (Å²) in [5.41, 5.74) is 3.92. The normalized spacial score (nSPS) is 25.0. The highest BCUT2D eigenvalue weighted by Crippen LogP contribution is 2.60. The minimum atomic E-state index is -4.60. The summed E-state index contributed by atoms with van der Waals surface area (Å²) in [5.74, 6) is -1.65. The van der Waals surface area contributed by atoms with Crippen molar-refractivity contribution in [2.75, 3.05) is 0 Å². The highest BCUT2D eigenvalue weighted by Gasteiger charge is 2.62. The molecule has 0 amide bonds. The predicted molar refractivity (Wildman–Crippen MR) is 110 cm³/mol. The number of allylic oxidation sites excluding steroid dienone is 2. The van der Waals surface area contributed by atoms with Gasteiger partial charge in [-0.2, -0.15) is 13.2 Å². The van der Waals surface area contributed by atoms with Gasteiger partial charge < -0.3 is 4.74 Å². The highest BCUT2D eigenvalue weighted by molar-refractivity contribution is 6.30. The van der Waals surface area contributed by atoms with Gasteiger partial charge in [-0.1, -0.05) is 80.1 Å². The number of alkyl halides is 3. The summed E-state index contributed by atoms with van der Waals surface area (Å²) in [5, 5.41) is -1.18. The number of halogens is 4. The first-order chi connectivity index (χ1) is 14.1. The Morgan fingerprint density at radius 2 is 1.80 bits per heavy atom. The Kier molecular flexibility index (Phi) is 5.21. The van der Waals surface area contributed by atoms with Gasteiger partial charge in [0.05, 0.1) is 5.92 Å². The average molecular weight is 435 g/mol. The third-order valence-corrected chi connectivity index (χ3v) is 6.62. The van der Waals surface area contributed by atoms with Crippen LogP contribution in [0, 0.1) is 17.3 Å². The Labute approximate surface area is 178 Å². The molecular formula is C24H22ClF3O2. The molecule has 1 fully saturated rings. The maximum Gasteiger partial charge on any atom is 0.426 e. The van der Waals surface area contributed by atoms with Crippen LogP contribution in [0.3, 0.4) is 0 Å². The Hall–Kier alpha value is -2.27. The molecule has 0 aromatic heterocycles. The van der Waals surface area contributed by atoms with Gasteiger partial charge in [-0.25, -0.2) is 0 Å². The second-order valence-corrected chi connectivity index (χ2v) is 9.02. The molecule has 30 heavy (non-hydrogen) atoms. The standard InChI is InChI=1S/C24H22ClF3O2/c1-23(2)19(13-20(25)24(26,27)28)21(23)22(29)30-16-11-15-9-6-10-17(18(15)12-16)14-7-4-3-5-8-14/h3-10,13,16,19,21H,11-12H2,1-2H3/t16-,19-,21-/m1/s1. The van der Waals surface area contributed by atoms with Gasteiger partial charge in [0, 0.05) is 12.8 Å². The predicted octanol–water partition coefficient (Wildman–Crippen LogP) is 6.32. The van der Waals surface area contributed by atoms with Crippen molar-refractivity contribution in [1.29, 1.82) is 0 Å². The summed E-state index contributed by atoms with van der Waals surface area (Å²) in [4.78, 5) is 12.7. The molecule has 2 aliphatic rings. The zero-order chi connectivity index (χ0) is 21.7. The highest BCUT2D eigenvalue weighted by atomic mass is 35.5. The number of fused-ring (bicyclic) bond motifs is 1. The van der Waals surface area contributed by atoms with E-state index in [0.717, 1.165) is 28.3 Å². The SMILES string of the molecule is CC1(C)[C@H](C=C(Cl)C(F)(F)F)[C@@H]1C(=O)O[C@@H]1Cc2cccc(-c3ccccc3)c2C1. The number of carbonyl (C=O) groups is 1. The third kappa shape index (κ3) is 3.87. The van der Waals surface area contributed by atoms with Gasteiger partial charge in [0.15, 0.2) is 0 Å². The van der Waals surface area contributed by atoms with E-state index in [1.54, 1.807) is 13.8 Å². The summed E-state index contributed by atoms with van der Waals surface area (Å²) >= 11 is 5.38. The Morgan fingerprint density at radius 1 is 1.10 bits per heavy atom. The molecule has 158 valence electrons. The molecule has 2 aliphatic carbocycles. The van der Waals surface area contributed by atoms with E-state index in [-0.39, 0.29) is 6.10 Å². The van der Waals surface area contributed by atoms with Crippen LogP contribution in [0.1, 0.15) is 25.0 Å². The van der Waals surface area contributed by atoms with E-state index in [0.29, 0.717) is 12.8 Å². The zero-order valence-corrected chi connectivity index (χ0v) is 17.4. The van der Waals surface area contributed by atoms with Gasteiger partial charge in [-0.05, 0) is 33.6 Å². The van der Waals surface area contributed by atoms with Crippen molar-refractivity contribution >= 4 is 17.6 Å². The molecule has 1 saturated carbocycles. The lowest BCUT2D eigenvalue weighted by Gasteiger charge is -2.12. The minimum Gasteiger partial charge on any atom is -0.461 e. The topological polar surface area (TPSA) is 26.3 Å². The molecule has 2 nitrogen and oxygen atoms in total. The first-order valence-electron chi connectivity index (χ1n) is 9.90. The lowest BCUT2D eigenvalue weighted by molar-refractivity contribution is -0.151. The Bertz CT molecular complexity index is 995. The van der Waals surface area contributed by atoms with Gasteiger partial charge in [0.1, 0.15) is 11.1 Å². The average Bonchev–Trinajstić information content (AvgIpc) is 3.01. The van der Waals surface area contributed by atoms with Crippen LogP contribution >= 0.6 is 11.6 Å². The Balaban J connectivity index is 1.47. The maximum absolute atomic E-state index is 12.8. The molecule has 3 atom stereocenters. The molecule has 0 aliphatic heterocycles. The van der Waals surface area contributed by atoms with Crippen molar-refractivity contribution in [3.8, 4) is 11.1 Å². The fourth-order valence-electron chi connectivity index (χ4n) is 4.51. The maximum atomic E-state index is 12.8. The lowest BCUT2D eigenvalue weighted by Crippen LogP contribution is -2.21. The van der Waals surface area contributed by atoms with Crippen molar-refractivity contribution in [1.82, 2.24) is 0 Å². The van der Waals surface area contributed by atoms with Crippen molar-refractivity contribution in [3.05, 3.63) is 70.8 Å². The van der Waals surface area contributed by atoms with E-state index in [9.17, 15) is 18.0 Å². The molecule has 2 aromatic rings. The molecule has 4 rings (SSSR count). The van der Waals surface area contributed by atoms with Crippen molar-refractivity contribution in [3.63, 3.8) is 0 Å². The summed E-state index contributed by atoms with van der Waals surface area (Å²) in [7, 11) is 0. The second-order valence-electron chi connectivity index (χ2n) is 8.61. The molecule has 0 unspecified atom stereocenters. The smallest absolute Gasteiger partial charge is 0.426 e. The summed E-state index contributed by atoms with van der Waals surface area (Å²) < 4.78 is 44.0. The molecule has 0 spiro atoms. The number of carbonyl (C=O) groups excluding carboxylic acids is 1. The monoisotopic (exact) mass is 434 g/mol. The first-order valence-corrected chi connectivity index (χ1v) is 10.3. The second kappa shape index (κ2) is 7.45. The molecule has 0 radical (unpaired) electrons. The largest absolute Gasteiger partial charge is 0.461 e. The van der Waals surface area contributed by atoms with E-state index in [2.05, 4.69) is 6.07 Å². The van der Waals surface area contributed by atoms with Crippen molar-refractivity contribution in [2.45, 2.75) is 39.0 Å². The van der Waals surface area contributed by atoms with E-state index in [1.165, 1.54) is 0 Å². The molecular weight excluding hydrogens is 413 g/mol. The lowest BCUT2D eigenvalue weighted by atomic mass is 9.97. The van der Waals surface area contributed by atoms with Crippen molar-refractivity contribution < 1.29 is 22.7 Å². The van der Waals surface area contributed by atoms with Crippen LogP contribution in [0.25, 0.3) is 11.1 Å². The number of hydrogen-bond donors (Lipinski definition) is 0. The van der Waals surface area contributed by atoms with Gasteiger partial charge in [-0.15, -0.1) is 0 Å². The van der Waals surface area contributed by atoms with Crippen LogP contribution in [0.5, 0.6) is 0 Å². The van der Waals surface area contributed by atoms with E-state index in [4.69, 9.17) is 16.3 Å². The zero-order valence-electron chi connectivity index (χ0n) is 16.7. The van der Waals surface area contributed by atoms with Gasteiger partial charge in [0.2, 0.25) is 0 Å². The Morgan fingerprint density at radius 3 is 2.47 bits per heavy atom. The van der Waals surface area contributed by atoms with Gasteiger partial charge in [0.25, 0.3) is 0 Å². The van der Waals surface area contributed by atoms with Crippen LogP contribution in [-0.4, -0.2) is 18.2 Å². The molecule has 6 heteroatoms. The van der Waals surface area contributed by atoms with Crippen LogP contribution in [-0.2, 0) is 22.4 Å². The molecule has 0 heterocycles.